The molecule has 0 N–H and O–H groups in total. The summed E-state index contributed by atoms with van der Waals surface area (Å²) in [6.45, 7) is 8.75. The second kappa shape index (κ2) is 6.81. The Morgan fingerprint density at radius 1 is 0.679 bits per heavy atom. The van der Waals surface area contributed by atoms with Gasteiger partial charge in [-0.25, -0.2) is 15.0 Å². The molecular formula is C21H29N7. The summed E-state index contributed by atoms with van der Waals surface area (Å²) in [5.41, 5.74) is 1.67. The highest BCUT2D eigenvalue weighted by Gasteiger charge is 2.34. The normalized spacial score (nSPS) is 24.9. The lowest BCUT2D eigenvalue weighted by Crippen LogP contribution is -2.50. The van der Waals surface area contributed by atoms with Crippen molar-refractivity contribution in [1.82, 2.24) is 24.8 Å². The third-order valence-corrected chi connectivity index (χ3v) is 6.76. The van der Waals surface area contributed by atoms with Crippen LogP contribution in [0.1, 0.15) is 25.7 Å². The summed E-state index contributed by atoms with van der Waals surface area (Å²) in [6.07, 6.45) is 7.36. The minimum absolute atomic E-state index is 0.766. The van der Waals surface area contributed by atoms with E-state index in [1.54, 1.807) is 0 Å². The zero-order valence-electron chi connectivity index (χ0n) is 16.5. The van der Waals surface area contributed by atoms with Gasteiger partial charge in [0.1, 0.15) is 5.52 Å². The van der Waals surface area contributed by atoms with Crippen LogP contribution in [-0.2, 0) is 0 Å². The molecule has 0 unspecified atom stereocenters. The zero-order chi connectivity index (χ0) is 18.5. The van der Waals surface area contributed by atoms with E-state index in [0.29, 0.717) is 0 Å². The number of pyridine rings is 1. The third kappa shape index (κ3) is 3.20. The molecule has 0 spiro atoms. The van der Waals surface area contributed by atoms with Crippen LogP contribution in [0.3, 0.4) is 0 Å². The summed E-state index contributed by atoms with van der Waals surface area (Å²) in [5, 5.41) is 0. The van der Waals surface area contributed by atoms with Gasteiger partial charge in [-0.15, -0.1) is 0 Å². The van der Waals surface area contributed by atoms with E-state index in [1.807, 2.05) is 18.3 Å². The smallest absolute Gasteiger partial charge is 0.180 e. The molecule has 0 radical (unpaired) electrons. The fraction of sp³-hybridized carbons (Fsp3) is 0.667. The van der Waals surface area contributed by atoms with Crippen LogP contribution in [-0.4, -0.2) is 89.2 Å². The molecule has 2 saturated heterocycles. The van der Waals surface area contributed by atoms with Gasteiger partial charge in [0.05, 0.1) is 0 Å². The van der Waals surface area contributed by atoms with Crippen LogP contribution >= 0.6 is 0 Å². The van der Waals surface area contributed by atoms with Crippen molar-refractivity contribution in [3.63, 3.8) is 0 Å². The van der Waals surface area contributed by atoms with E-state index in [-0.39, 0.29) is 0 Å². The van der Waals surface area contributed by atoms with Gasteiger partial charge in [-0.1, -0.05) is 0 Å². The summed E-state index contributed by atoms with van der Waals surface area (Å²) < 4.78 is 0. The lowest BCUT2D eigenvalue weighted by Gasteiger charge is -2.39. The Bertz CT molecular complexity index is 776. The summed E-state index contributed by atoms with van der Waals surface area (Å²) in [4.78, 5) is 24.7. The lowest BCUT2D eigenvalue weighted by atomic mass is 10.2. The molecule has 4 aliphatic rings. The van der Waals surface area contributed by atoms with Crippen molar-refractivity contribution in [2.75, 3.05) is 62.2 Å². The minimum atomic E-state index is 0.766. The molecule has 6 rings (SSSR count). The first-order chi connectivity index (χ1) is 13.8. The molecule has 2 aliphatic heterocycles. The number of hydrogen-bond donors (Lipinski definition) is 0. The molecule has 7 heteroatoms. The van der Waals surface area contributed by atoms with Crippen molar-refractivity contribution < 1.29 is 0 Å². The second-order valence-corrected chi connectivity index (χ2v) is 8.73. The fourth-order valence-corrected chi connectivity index (χ4v) is 4.78. The molecule has 4 heterocycles. The Balaban J connectivity index is 1.28. The minimum Gasteiger partial charge on any atom is -0.351 e. The van der Waals surface area contributed by atoms with E-state index in [2.05, 4.69) is 24.6 Å². The van der Waals surface area contributed by atoms with Crippen molar-refractivity contribution in [3.05, 3.63) is 18.3 Å². The molecule has 2 aromatic rings. The van der Waals surface area contributed by atoms with Crippen molar-refractivity contribution in [3.8, 4) is 0 Å². The van der Waals surface area contributed by atoms with Gasteiger partial charge in [-0.2, -0.15) is 0 Å². The van der Waals surface area contributed by atoms with Crippen LogP contribution in [0.15, 0.2) is 18.3 Å². The molecule has 7 nitrogen and oxygen atoms in total. The van der Waals surface area contributed by atoms with Gasteiger partial charge >= 0.3 is 0 Å². The van der Waals surface area contributed by atoms with E-state index in [4.69, 9.17) is 9.97 Å². The lowest BCUT2D eigenvalue weighted by molar-refractivity contribution is 0.245. The third-order valence-electron chi connectivity index (χ3n) is 6.76. The number of nitrogens with zero attached hydrogens (tertiary/aromatic N) is 7. The molecule has 2 aliphatic carbocycles. The predicted octanol–water partition coefficient (Wildman–Crippen LogP) is 1.59. The van der Waals surface area contributed by atoms with Gasteiger partial charge in [0, 0.05) is 70.6 Å². The van der Waals surface area contributed by atoms with Gasteiger partial charge in [-0.3, -0.25) is 9.80 Å². The maximum atomic E-state index is 5.05. The van der Waals surface area contributed by atoms with E-state index in [9.17, 15) is 0 Å². The highest BCUT2D eigenvalue weighted by Crippen LogP contribution is 2.33. The molecule has 0 atom stereocenters. The van der Waals surface area contributed by atoms with E-state index < -0.39 is 0 Å². The van der Waals surface area contributed by atoms with Crippen LogP contribution in [0.2, 0.25) is 0 Å². The van der Waals surface area contributed by atoms with Gasteiger partial charge in [-0.05, 0) is 37.8 Å². The summed E-state index contributed by atoms with van der Waals surface area (Å²) in [5.74, 6) is 2.11. The average molecular weight is 380 g/mol. The standard InChI is InChI=1S/C21H29N7/c1-2-18-19(22-7-1)24-21(28-14-10-26(11-15-28)17-5-6-17)20(23-18)27-12-8-25(9-13-27)16-3-4-16/h1-2,7,16-17H,3-6,8-15H2. The van der Waals surface area contributed by atoms with E-state index in [1.165, 1.54) is 25.7 Å². The second-order valence-electron chi connectivity index (χ2n) is 8.73. The maximum Gasteiger partial charge on any atom is 0.180 e. The van der Waals surface area contributed by atoms with Crippen molar-refractivity contribution >= 4 is 22.8 Å². The largest absolute Gasteiger partial charge is 0.351 e. The van der Waals surface area contributed by atoms with Crippen molar-refractivity contribution in [2.24, 2.45) is 0 Å². The molecule has 28 heavy (non-hydrogen) atoms. The van der Waals surface area contributed by atoms with Gasteiger partial charge < -0.3 is 9.80 Å². The molecule has 0 aromatic carbocycles. The van der Waals surface area contributed by atoms with Crippen LogP contribution in [0.4, 0.5) is 11.6 Å². The number of fused-ring (bicyclic) bond motifs is 1. The molecular weight excluding hydrogens is 350 g/mol. The molecule has 0 bridgehead atoms. The fourth-order valence-electron chi connectivity index (χ4n) is 4.78. The first-order valence-electron chi connectivity index (χ1n) is 11.0. The Morgan fingerprint density at radius 3 is 1.75 bits per heavy atom. The quantitative estimate of drug-likeness (QED) is 0.800. The van der Waals surface area contributed by atoms with Gasteiger partial charge in [0.25, 0.3) is 0 Å². The Morgan fingerprint density at radius 2 is 1.21 bits per heavy atom. The Kier molecular flexibility index (Phi) is 4.12. The van der Waals surface area contributed by atoms with Crippen LogP contribution < -0.4 is 9.80 Å². The topological polar surface area (TPSA) is 51.6 Å². The molecule has 2 aromatic heterocycles. The summed E-state index contributed by atoms with van der Waals surface area (Å²) >= 11 is 0. The van der Waals surface area contributed by atoms with Gasteiger partial charge in [0.15, 0.2) is 17.3 Å². The average Bonchev–Trinajstić information content (AvgIpc) is 3.66. The van der Waals surface area contributed by atoms with Crippen LogP contribution in [0.25, 0.3) is 11.2 Å². The van der Waals surface area contributed by atoms with Crippen molar-refractivity contribution in [1.29, 1.82) is 0 Å². The van der Waals surface area contributed by atoms with Crippen LogP contribution in [0, 0.1) is 0 Å². The SMILES string of the molecule is c1cnc2nc(N3CCN(C4CC4)CC3)c(N3CCN(C4CC4)CC3)nc2c1. The zero-order valence-corrected chi connectivity index (χ0v) is 16.5. The molecule has 4 fully saturated rings. The first-order valence-corrected chi connectivity index (χ1v) is 11.0. The summed E-state index contributed by atoms with van der Waals surface area (Å²) in [6, 6.07) is 5.69. The van der Waals surface area contributed by atoms with Crippen LogP contribution in [0.5, 0.6) is 0 Å². The van der Waals surface area contributed by atoms with Crippen molar-refractivity contribution in [2.45, 2.75) is 37.8 Å². The number of hydrogen-bond acceptors (Lipinski definition) is 7. The first kappa shape index (κ1) is 16.9. The Labute approximate surface area is 166 Å². The monoisotopic (exact) mass is 379 g/mol. The van der Waals surface area contributed by atoms with E-state index >= 15 is 0 Å². The number of anilines is 2. The number of rotatable bonds is 4. The maximum absolute atomic E-state index is 5.05. The van der Waals surface area contributed by atoms with E-state index in [0.717, 1.165) is 87.2 Å². The molecule has 2 saturated carbocycles. The Hall–Kier alpha value is -1.99. The number of aromatic nitrogens is 3. The number of piperazine rings is 2. The molecule has 148 valence electrons. The van der Waals surface area contributed by atoms with Gasteiger partial charge in [0.2, 0.25) is 0 Å². The molecule has 0 amide bonds. The highest BCUT2D eigenvalue weighted by atomic mass is 15.4. The highest BCUT2D eigenvalue weighted by molar-refractivity contribution is 5.78. The summed E-state index contributed by atoms with van der Waals surface area (Å²) in [7, 11) is 0. The predicted molar refractivity (Wildman–Crippen MR) is 111 cm³/mol.